The molecule has 0 amide bonds. The number of aromatic nitrogens is 2. The van der Waals surface area contributed by atoms with Crippen LogP contribution in [-0.2, 0) is 11.0 Å². The molecule has 15 heavy (non-hydrogen) atoms. The van der Waals surface area contributed by atoms with Gasteiger partial charge in [-0.05, 0) is 13.0 Å². The van der Waals surface area contributed by atoms with Gasteiger partial charge in [-0.15, -0.1) is 0 Å². The van der Waals surface area contributed by atoms with Crippen molar-refractivity contribution in [2.75, 3.05) is 0 Å². The molecule has 1 unspecified atom stereocenters. The van der Waals surface area contributed by atoms with Crippen LogP contribution >= 0.6 is 0 Å². The highest BCUT2D eigenvalue weighted by molar-refractivity contribution is 5.81. The van der Waals surface area contributed by atoms with Gasteiger partial charge in [-0.1, -0.05) is 6.92 Å². The molecule has 84 valence electrons. The molecule has 0 aliphatic heterocycles. The van der Waals surface area contributed by atoms with Crippen LogP contribution in [-0.4, -0.2) is 15.6 Å². The molecule has 0 radical (unpaired) electrons. The van der Waals surface area contributed by atoms with Crippen molar-refractivity contribution in [3.05, 3.63) is 18.0 Å². The number of carbonyl (C=O) groups excluding carboxylic acids is 1. The quantitative estimate of drug-likeness (QED) is 0.784. The lowest BCUT2D eigenvalue weighted by molar-refractivity contribution is -0.141. The highest BCUT2D eigenvalue weighted by atomic mass is 19.4. The molecule has 1 rings (SSSR count). The average molecular weight is 220 g/mol. The molecule has 0 fully saturated rings. The van der Waals surface area contributed by atoms with E-state index in [2.05, 4.69) is 5.10 Å². The van der Waals surface area contributed by atoms with Crippen molar-refractivity contribution < 1.29 is 18.0 Å². The first-order valence-corrected chi connectivity index (χ1v) is 4.51. The standard InChI is InChI=1S/C9H11F3N2O/c1-3-7(15)6(2)14-5-4-8(13-14)9(10,11)12/h4-6H,3H2,1-2H3. The monoisotopic (exact) mass is 220 g/mol. The van der Waals surface area contributed by atoms with Crippen LogP contribution in [0.25, 0.3) is 0 Å². The fourth-order valence-electron chi connectivity index (χ4n) is 1.15. The fourth-order valence-corrected chi connectivity index (χ4v) is 1.15. The third-order valence-electron chi connectivity index (χ3n) is 2.11. The molecule has 1 aromatic heterocycles. The van der Waals surface area contributed by atoms with E-state index in [1.54, 1.807) is 6.92 Å². The minimum absolute atomic E-state index is 0.146. The zero-order valence-electron chi connectivity index (χ0n) is 8.38. The second-order valence-corrected chi connectivity index (χ2v) is 3.17. The van der Waals surface area contributed by atoms with E-state index in [1.165, 1.54) is 13.1 Å². The zero-order chi connectivity index (χ0) is 11.6. The Morgan fingerprint density at radius 2 is 2.20 bits per heavy atom. The van der Waals surface area contributed by atoms with Crippen LogP contribution < -0.4 is 0 Å². The van der Waals surface area contributed by atoms with Crippen LogP contribution in [0.2, 0.25) is 0 Å². The van der Waals surface area contributed by atoms with Crippen molar-refractivity contribution in [3.8, 4) is 0 Å². The Kier molecular flexibility index (Phi) is 3.16. The van der Waals surface area contributed by atoms with Gasteiger partial charge >= 0.3 is 6.18 Å². The minimum Gasteiger partial charge on any atom is -0.297 e. The maximum atomic E-state index is 12.2. The molecule has 0 aliphatic rings. The molecule has 0 saturated heterocycles. The molecule has 0 bridgehead atoms. The topological polar surface area (TPSA) is 34.9 Å². The van der Waals surface area contributed by atoms with Crippen LogP contribution in [0.1, 0.15) is 32.0 Å². The average Bonchev–Trinajstić information content (AvgIpc) is 2.63. The van der Waals surface area contributed by atoms with Crippen molar-refractivity contribution in [3.63, 3.8) is 0 Å². The summed E-state index contributed by atoms with van der Waals surface area (Å²) in [5.74, 6) is -0.146. The lowest BCUT2D eigenvalue weighted by atomic mass is 10.2. The summed E-state index contributed by atoms with van der Waals surface area (Å²) in [6.07, 6.45) is -3.01. The summed E-state index contributed by atoms with van der Waals surface area (Å²) >= 11 is 0. The van der Waals surface area contributed by atoms with E-state index in [0.29, 0.717) is 0 Å². The summed E-state index contributed by atoms with van der Waals surface area (Å²) in [5.41, 5.74) is -0.974. The van der Waals surface area contributed by atoms with Gasteiger partial charge in [0.2, 0.25) is 0 Å². The smallest absolute Gasteiger partial charge is 0.297 e. The van der Waals surface area contributed by atoms with E-state index >= 15 is 0 Å². The molecule has 3 nitrogen and oxygen atoms in total. The van der Waals surface area contributed by atoms with E-state index in [1.807, 2.05) is 0 Å². The summed E-state index contributed by atoms with van der Waals surface area (Å²) in [5, 5.41) is 3.32. The molecule has 1 atom stereocenters. The number of hydrogen-bond acceptors (Lipinski definition) is 2. The first-order valence-electron chi connectivity index (χ1n) is 4.51. The predicted octanol–water partition coefficient (Wildman–Crippen LogP) is 2.44. The van der Waals surface area contributed by atoms with Gasteiger partial charge in [0, 0.05) is 12.6 Å². The van der Waals surface area contributed by atoms with Crippen molar-refractivity contribution in [1.29, 1.82) is 0 Å². The SMILES string of the molecule is CCC(=O)C(C)n1ccc(C(F)(F)F)n1. The number of Topliss-reactive ketones (excluding diaryl/α,β-unsaturated/α-hetero) is 1. The Balaban J connectivity index is 2.89. The van der Waals surface area contributed by atoms with Crippen LogP contribution in [0, 0.1) is 0 Å². The summed E-state index contributed by atoms with van der Waals surface area (Å²) in [7, 11) is 0. The van der Waals surface area contributed by atoms with Crippen LogP contribution in [0.4, 0.5) is 13.2 Å². The molecule has 0 aromatic carbocycles. The van der Waals surface area contributed by atoms with Gasteiger partial charge in [0.05, 0.1) is 0 Å². The summed E-state index contributed by atoms with van der Waals surface area (Å²) < 4.78 is 37.6. The largest absolute Gasteiger partial charge is 0.435 e. The Morgan fingerprint density at radius 3 is 2.60 bits per heavy atom. The second-order valence-electron chi connectivity index (χ2n) is 3.17. The fraction of sp³-hybridized carbons (Fsp3) is 0.556. The molecule has 1 aromatic rings. The number of nitrogens with zero attached hydrogens (tertiary/aromatic N) is 2. The Bertz CT molecular complexity index is 356. The van der Waals surface area contributed by atoms with E-state index in [-0.39, 0.29) is 12.2 Å². The molecule has 1 heterocycles. The van der Waals surface area contributed by atoms with Gasteiger partial charge in [-0.2, -0.15) is 18.3 Å². The van der Waals surface area contributed by atoms with Crippen molar-refractivity contribution in [1.82, 2.24) is 9.78 Å². The van der Waals surface area contributed by atoms with Crippen molar-refractivity contribution >= 4 is 5.78 Å². The number of halogens is 3. The second kappa shape index (κ2) is 4.04. The lowest BCUT2D eigenvalue weighted by Crippen LogP contribution is -2.17. The van der Waals surface area contributed by atoms with Crippen LogP contribution in [0.5, 0.6) is 0 Å². The zero-order valence-corrected chi connectivity index (χ0v) is 8.38. The molecule has 6 heteroatoms. The molecule has 0 saturated carbocycles. The Labute approximate surface area is 84.9 Å². The van der Waals surface area contributed by atoms with E-state index in [4.69, 9.17) is 0 Å². The number of hydrogen-bond donors (Lipinski definition) is 0. The number of rotatable bonds is 3. The van der Waals surface area contributed by atoms with E-state index < -0.39 is 17.9 Å². The van der Waals surface area contributed by atoms with Gasteiger partial charge in [-0.25, -0.2) is 0 Å². The first kappa shape index (κ1) is 11.7. The van der Waals surface area contributed by atoms with Crippen LogP contribution in [0.3, 0.4) is 0 Å². The molecular weight excluding hydrogens is 209 g/mol. The van der Waals surface area contributed by atoms with Gasteiger partial charge in [0.15, 0.2) is 11.5 Å². The van der Waals surface area contributed by atoms with E-state index in [0.717, 1.165) is 10.7 Å². The van der Waals surface area contributed by atoms with Gasteiger partial charge in [-0.3, -0.25) is 9.48 Å². The maximum Gasteiger partial charge on any atom is 0.435 e. The number of ketones is 1. The molecular formula is C9H11F3N2O. The molecule has 0 N–H and O–H groups in total. The van der Waals surface area contributed by atoms with Gasteiger partial charge in [0.1, 0.15) is 6.04 Å². The van der Waals surface area contributed by atoms with Gasteiger partial charge in [0.25, 0.3) is 0 Å². The highest BCUT2D eigenvalue weighted by Gasteiger charge is 2.34. The highest BCUT2D eigenvalue weighted by Crippen LogP contribution is 2.27. The summed E-state index contributed by atoms with van der Waals surface area (Å²) in [6.45, 7) is 3.19. The summed E-state index contributed by atoms with van der Waals surface area (Å²) in [6, 6.07) is 0.213. The molecule has 0 spiro atoms. The van der Waals surface area contributed by atoms with Crippen molar-refractivity contribution in [2.24, 2.45) is 0 Å². The first-order chi connectivity index (χ1) is 6.86. The van der Waals surface area contributed by atoms with E-state index in [9.17, 15) is 18.0 Å². The maximum absolute atomic E-state index is 12.2. The molecule has 0 aliphatic carbocycles. The van der Waals surface area contributed by atoms with Crippen LogP contribution in [0.15, 0.2) is 12.3 Å². The normalized spacial score (nSPS) is 13.9. The predicted molar refractivity (Wildman–Crippen MR) is 47.2 cm³/mol. The Hall–Kier alpha value is -1.33. The summed E-state index contributed by atoms with van der Waals surface area (Å²) in [4.78, 5) is 11.2. The van der Waals surface area contributed by atoms with Crippen molar-refractivity contribution in [2.45, 2.75) is 32.5 Å². The lowest BCUT2D eigenvalue weighted by Gasteiger charge is -2.09. The third-order valence-corrected chi connectivity index (χ3v) is 2.11. The number of alkyl halides is 3. The minimum atomic E-state index is -4.46. The third kappa shape index (κ3) is 2.57. The Morgan fingerprint density at radius 1 is 1.60 bits per heavy atom. The van der Waals surface area contributed by atoms with Gasteiger partial charge < -0.3 is 0 Å². The number of carbonyl (C=O) groups is 1.